The van der Waals surface area contributed by atoms with E-state index in [1.807, 2.05) is 11.8 Å². The molecule has 0 bridgehead atoms. The number of thiophene rings is 1. The lowest BCUT2D eigenvalue weighted by molar-refractivity contribution is 0.605. The van der Waals surface area contributed by atoms with Crippen LogP contribution in [-0.4, -0.2) is 18.1 Å². The Labute approximate surface area is 109 Å². The highest BCUT2D eigenvalue weighted by molar-refractivity contribution is 9.10. The minimum atomic E-state index is 0.493. The Hall–Kier alpha value is 0.490. The fourth-order valence-electron chi connectivity index (χ4n) is 1.39. The van der Waals surface area contributed by atoms with Gasteiger partial charge in [0.15, 0.2) is 0 Å². The van der Waals surface area contributed by atoms with Crippen molar-refractivity contribution in [2.24, 2.45) is 0 Å². The molecule has 0 saturated carbocycles. The fraction of sp³-hybridized carbons (Fsp3) is 0.636. The van der Waals surface area contributed by atoms with E-state index in [0.29, 0.717) is 6.04 Å². The molecule has 0 radical (unpaired) electrons. The van der Waals surface area contributed by atoms with Gasteiger partial charge in [0.25, 0.3) is 0 Å². The summed E-state index contributed by atoms with van der Waals surface area (Å²) in [6.07, 6.45) is 1.26. The summed E-state index contributed by atoms with van der Waals surface area (Å²) in [4.78, 5) is 0. The first-order valence-electron chi connectivity index (χ1n) is 5.32. The van der Waals surface area contributed by atoms with E-state index in [0.717, 1.165) is 12.3 Å². The minimum absolute atomic E-state index is 0.493. The second-order valence-corrected chi connectivity index (χ2v) is 6.11. The lowest BCUT2D eigenvalue weighted by Crippen LogP contribution is -2.22. The molecule has 1 unspecified atom stereocenters. The van der Waals surface area contributed by atoms with Crippen molar-refractivity contribution in [3.8, 4) is 0 Å². The zero-order valence-corrected chi connectivity index (χ0v) is 12.5. The summed E-state index contributed by atoms with van der Waals surface area (Å²) in [6.45, 7) is 5.42. The minimum Gasteiger partial charge on any atom is -0.309 e. The van der Waals surface area contributed by atoms with Gasteiger partial charge in [-0.15, -0.1) is 0 Å². The van der Waals surface area contributed by atoms with E-state index >= 15 is 0 Å². The monoisotopic (exact) mass is 307 g/mol. The predicted octanol–water partition coefficient (Wildman–Crippen LogP) is 4.30. The summed E-state index contributed by atoms with van der Waals surface area (Å²) >= 11 is 7.40. The molecule has 1 nitrogen and oxygen atoms in total. The average molecular weight is 308 g/mol. The first-order valence-corrected chi connectivity index (χ1v) is 8.21. The standard InChI is InChI=1S/C11H18BrNS2/c1-3-5-14-8-11(13-4-2)9-6-15-7-10(9)12/h6-7,11,13H,3-5,8H2,1-2H3. The molecule has 0 aliphatic carbocycles. The third-order valence-electron chi connectivity index (χ3n) is 2.10. The molecule has 0 fully saturated rings. The maximum Gasteiger partial charge on any atom is 0.0431 e. The summed E-state index contributed by atoms with van der Waals surface area (Å²) < 4.78 is 1.25. The van der Waals surface area contributed by atoms with Crippen molar-refractivity contribution in [2.45, 2.75) is 26.3 Å². The summed E-state index contributed by atoms with van der Waals surface area (Å²) in [5, 5.41) is 7.94. The van der Waals surface area contributed by atoms with E-state index < -0.39 is 0 Å². The third kappa shape index (κ3) is 4.47. The molecule has 0 amide bonds. The van der Waals surface area contributed by atoms with Crippen LogP contribution < -0.4 is 5.32 Å². The van der Waals surface area contributed by atoms with E-state index in [9.17, 15) is 0 Å². The molecule has 1 atom stereocenters. The van der Waals surface area contributed by atoms with E-state index in [1.165, 1.54) is 22.2 Å². The van der Waals surface area contributed by atoms with Gasteiger partial charge in [0.1, 0.15) is 0 Å². The molecule has 86 valence electrons. The van der Waals surface area contributed by atoms with Gasteiger partial charge in [-0.1, -0.05) is 13.8 Å². The number of halogens is 1. The van der Waals surface area contributed by atoms with Crippen LogP contribution in [-0.2, 0) is 0 Å². The maximum absolute atomic E-state index is 3.61. The zero-order chi connectivity index (χ0) is 11.1. The second kappa shape index (κ2) is 7.71. The first-order chi connectivity index (χ1) is 7.29. The van der Waals surface area contributed by atoms with Crippen LogP contribution in [0.15, 0.2) is 15.2 Å². The number of nitrogens with one attached hydrogen (secondary N) is 1. The molecule has 1 N–H and O–H groups in total. The van der Waals surface area contributed by atoms with Crippen LogP contribution in [0.4, 0.5) is 0 Å². The van der Waals surface area contributed by atoms with Crippen LogP contribution in [0.25, 0.3) is 0 Å². The molecule has 0 aliphatic heterocycles. The van der Waals surface area contributed by atoms with Gasteiger partial charge in [0.05, 0.1) is 0 Å². The Bertz CT molecular complexity index is 275. The Balaban J connectivity index is 2.53. The summed E-state index contributed by atoms with van der Waals surface area (Å²) in [7, 11) is 0. The summed E-state index contributed by atoms with van der Waals surface area (Å²) in [5.74, 6) is 2.42. The molecule has 0 saturated heterocycles. The highest BCUT2D eigenvalue weighted by Gasteiger charge is 2.13. The summed E-state index contributed by atoms with van der Waals surface area (Å²) in [6, 6.07) is 0.493. The van der Waals surface area contributed by atoms with Crippen molar-refractivity contribution >= 4 is 39.0 Å². The van der Waals surface area contributed by atoms with Gasteiger partial charge >= 0.3 is 0 Å². The lowest BCUT2D eigenvalue weighted by atomic mass is 10.2. The van der Waals surface area contributed by atoms with Crippen LogP contribution in [0, 0.1) is 0 Å². The lowest BCUT2D eigenvalue weighted by Gasteiger charge is -2.17. The van der Waals surface area contributed by atoms with Gasteiger partial charge in [0, 0.05) is 21.6 Å². The van der Waals surface area contributed by atoms with E-state index in [-0.39, 0.29) is 0 Å². The molecule has 1 aromatic rings. The highest BCUT2D eigenvalue weighted by atomic mass is 79.9. The Kier molecular flexibility index (Phi) is 6.97. The number of hydrogen-bond acceptors (Lipinski definition) is 3. The van der Waals surface area contributed by atoms with Gasteiger partial charge in [0.2, 0.25) is 0 Å². The van der Waals surface area contributed by atoms with Gasteiger partial charge in [-0.2, -0.15) is 23.1 Å². The Morgan fingerprint density at radius 1 is 1.47 bits per heavy atom. The van der Waals surface area contributed by atoms with Gasteiger partial charge in [-0.25, -0.2) is 0 Å². The van der Waals surface area contributed by atoms with Crippen molar-refractivity contribution in [3.05, 3.63) is 20.8 Å². The largest absolute Gasteiger partial charge is 0.309 e. The normalized spacial score (nSPS) is 13.0. The molecule has 15 heavy (non-hydrogen) atoms. The van der Waals surface area contributed by atoms with Crippen LogP contribution in [0.3, 0.4) is 0 Å². The average Bonchev–Trinajstić information content (AvgIpc) is 2.64. The van der Waals surface area contributed by atoms with Crippen molar-refractivity contribution in [1.82, 2.24) is 5.32 Å². The molecule has 0 spiro atoms. The SMILES string of the molecule is CCCSCC(NCC)c1cscc1Br. The molecular formula is C11H18BrNS2. The Morgan fingerprint density at radius 3 is 2.80 bits per heavy atom. The van der Waals surface area contributed by atoms with Crippen LogP contribution >= 0.6 is 39.0 Å². The highest BCUT2D eigenvalue weighted by Crippen LogP contribution is 2.29. The van der Waals surface area contributed by atoms with E-state index in [2.05, 4.69) is 45.9 Å². The topological polar surface area (TPSA) is 12.0 Å². The molecule has 4 heteroatoms. The molecule has 0 aromatic carbocycles. The number of thioether (sulfide) groups is 1. The quantitative estimate of drug-likeness (QED) is 0.754. The molecule has 1 aromatic heterocycles. The van der Waals surface area contributed by atoms with Gasteiger partial charge in [-0.3, -0.25) is 0 Å². The van der Waals surface area contributed by atoms with Crippen LogP contribution in [0.1, 0.15) is 31.9 Å². The summed E-state index contributed by atoms with van der Waals surface area (Å²) in [5.41, 5.74) is 1.41. The molecule has 0 aliphatic rings. The Morgan fingerprint density at radius 2 is 2.27 bits per heavy atom. The smallest absolute Gasteiger partial charge is 0.0431 e. The van der Waals surface area contributed by atoms with Crippen molar-refractivity contribution in [1.29, 1.82) is 0 Å². The molecular weight excluding hydrogens is 290 g/mol. The third-order valence-corrected chi connectivity index (χ3v) is 5.12. The van der Waals surface area contributed by atoms with Crippen molar-refractivity contribution < 1.29 is 0 Å². The molecule has 1 rings (SSSR count). The van der Waals surface area contributed by atoms with Crippen molar-refractivity contribution in [2.75, 3.05) is 18.1 Å². The maximum atomic E-state index is 3.61. The first kappa shape index (κ1) is 13.6. The van der Waals surface area contributed by atoms with E-state index in [1.54, 1.807) is 11.3 Å². The van der Waals surface area contributed by atoms with Gasteiger partial charge in [-0.05, 0) is 45.6 Å². The fourth-order valence-corrected chi connectivity index (χ4v) is 4.01. The number of rotatable bonds is 7. The zero-order valence-electron chi connectivity index (χ0n) is 9.25. The van der Waals surface area contributed by atoms with Crippen LogP contribution in [0.2, 0.25) is 0 Å². The molecule has 1 heterocycles. The second-order valence-electron chi connectivity index (χ2n) is 3.36. The van der Waals surface area contributed by atoms with Crippen LogP contribution in [0.5, 0.6) is 0 Å². The van der Waals surface area contributed by atoms with Gasteiger partial charge < -0.3 is 5.32 Å². The van der Waals surface area contributed by atoms with Crippen molar-refractivity contribution in [3.63, 3.8) is 0 Å². The van der Waals surface area contributed by atoms with E-state index in [4.69, 9.17) is 0 Å². The predicted molar refractivity (Wildman–Crippen MR) is 76.1 cm³/mol. The number of hydrogen-bond donors (Lipinski definition) is 1.